The van der Waals surface area contributed by atoms with Crippen LogP contribution >= 0.6 is 11.8 Å². The third-order valence-electron chi connectivity index (χ3n) is 5.95. The first-order valence-corrected chi connectivity index (χ1v) is 14.2. The van der Waals surface area contributed by atoms with Crippen LogP contribution in [0.2, 0.25) is 0 Å². The minimum Gasteiger partial charge on any atom is -0.390 e. The number of aliphatic hydroxyl groups is 1. The summed E-state index contributed by atoms with van der Waals surface area (Å²) >= 11 is 1.83. The molecule has 0 aliphatic heterocycles. The molecule has 6 nitrogen and oxygen atoms in total. The minimum atomic E-state index is -0.419. The predicted octanol–water partition coefficient (Wildman–Crippen LogP) is 6.54. The largest absolute Gasteiger partial charge is 0.390 e. The Labute approximate surface area is 204 Å². The standard InChI is InChI=1S/C26H45N5OS/c1-2-3-4-5-6-7-8-9-10-11-12-13-14-15-16-17-18-33-20-23(32)19-31-22-30-24-25(27)28-21-29-26(24)31/h9-10,21-23,32H,2-8,11-20H2,1H3,(H2,27,28,29). The van der Waals surface area contributed by atoms with Gasteiger partial charge in [0.1, 0.15) is 11.8 Å². The normalized spacial score (nSPS) is 12.8. The molecule has 1 unspecified atom stereocenters. The van der Waals surface area contributed by atoms with Gasteiger partial charge in [0.25, 0.3) is 0 Å². The van der Waals surface area contributed by atoms with Crippen LogP contribution in [-0.4, -0.2) is 42.2 Å². The zero-order chi connectivity index (χ0) is 23.6. The fraction of sp³-hybridized carbons (Fsp3) is 0.731. The number of thioether (sulfide) groups is 1. The third kappa shape index (κ3) is 11.9. The molecular weight excluding hydrogens is 430 g/mol. The van der Waals surface area contributed by atoms with Crippen molar-refractivity contribution >= 4 is 28.7 Å². The van der Waals surface area contributed by atoms with Crippen molar-refractivity contribution in [2.45, 2.75) is 109 Å². The lowest BCUT2D eigenvalue weighted by atomic mass is 10.1. The summed E-state index contributed by atoms with van der Waals surface area (Å²) in [5.41, 5.74) is 7.09. The van der Waals surface area contributed by atoms with Gasteiger partial charge >= 0.3 is 0 Å². The number of rotatable bonds is 20. The van der Waals surface area contributed by atoms with Crippen LogP contribution in [0.5, 0.6) is 0 Å². The van der Waals surface area contributed by atoms with Crippen LogP contribution in [0.15, 0.2) is 24.8 Å². The average Bonchev–Trinajstić information content (AvgIpc) is 3.22. The van der Waals surface area contributed by atoms with Crippen molar-refractivity contribution in [2.75, 3.05) is 17.2 Å². The van der Waals surface area contributed by atoms with Gasteiger partial charge in [-0.25, -0.2) is 15.0 Å². The molecule has 2 aromatic rings. The molecule has 2 heterocycles. The monoisotopic (exact) mass is 475 g/mol. The summed E-state index contributed by atoms with van der Waals surface area (Å²) in [6.45, 7) is 2.75. The zero-order valence-corrected chi connectivity index (χ0v) is 21.4. The highest BCUT2D eigenvalue weighted by atomic mass is 32.2. The van der Waals surface area contributed by atoms with Gasteiger partial charge in [0, 0.05) is 5.75 Å². The number of hydrogen-bond acceptors (Lipinski definition) is 6. The molecule has 0 saturated carbocycles. The first kappa shape index (κ1) is 27.6. The molecule has 2 aromatic heterocycles. The summed E-state index contributed by atoms with van der Waals surface area (Å²) < 4.78 is 1.85. The molecule has 0 aliphatic rings. The highest BCUT2D eigenvalue weighted by Crippen LogP contribution is 2.16. The van der Waals surface area contributed by atoms with Crippen LogP contribution < -0.4 is 5.73 Å². The number of nitrogens with zero attached hydrogens (tertiary/aromatic N) is 4. The maximum absolute atomic E-state index is 10.3. The molecule has 0 radical (unpaired) electrons. The minimum absolute atomic E-state index is 0.377. The first-order valence-electron chi connectivity index (χ1n) is 13.0. The fourth-order valence-electron chi connectivity index (χ4n) is 3.98. The SMILES string of the molecule is CCCCCCCCC=CCCCCCCCCSCC(O)Cn1cnc2c(N)ncnc21. The van der Waals surface area contributed by atoms with Gasteiger partial charge < -0.3 is 15.4 Å². The van der Waals surface area contributed by atoms with E-state index in [-0.39, 0.29) is 0 Å². The molecule has 0 aliphatic carbocycles. The number of nitrogens with two attached hydrogens (primary N) is 1. The van der Waals surface area contributed by atoms with Gasteiger partial charge in [-0.05, 0) is 37.9 Å². The van der Waals surface area contributed by atoms with Crippen LogP contribution in [0, 0.1) is 0 Å². The molecule has 0 bridgehead atoms. The maximum atomic E-state index is 10.3. The van der Waals surface area contributed by atoms with Gasteiger partial charge in [-0.2, -0.15) is 11.8 Å². The van der Waals surface area contributed by atoms with Crippen molar-refractivity contribution in [3.8, 4) is 0 Å². The molecule has 0 saturated heterocycles. The Morgan fingerprint density at radius 3 is 2.24 bits per heavy atom. The van der Waals surface area contributed by atoms with Gasteiger partial charge in [-0.3, -0.25) is 0 Å². The van der Waals surface area contributed by atoms with E-state index in [0.717, 1.165) is 11.5 Å². The lowest BCUT2D eigenvalue weighted by Gasteiger charge is -2.11. The summed E-state index contributed by atoms with van der Waals surface area (Å²) in [6, 6.07) is 0. The Balaban J connectivity index is 1.37. The zero-order valence-electron chi connectivity index (χ0n) is 20.6. The summed E-state index contributed by atoms with van der Waals surface area (Å²) in [4.78, 5) is 12.4. The van der Waals surface area contributed by atoms with E-state index in [4.69, 9.17) is 5.73 Å². The summed E-state index contributed by atoms with van der Waals surface area (Å²) in [5, 5.41) is 10.3. The molecule has 0 spiro atoms. The van der Waals surface area contributed by atoms with Gasteiger partial charge in [-0.15, -0.1) is 0 Å². The van der Waals surface area contributed by atoms with E-state index < -0.39 is 6.10 Å². The second-order valence-electron chi connectivity index (χ2n) is 8.99. The maximum Gasteiger partial charge on any atom is 0.165 e. The Hall–Kier alpha value is -1.60. The van der Waals surface area contributed by atoms with Crippen LogP contribution in [0.4, 0.5) is 5.82 Å². The van der Waals surface area contributed by atoms with Crippen molar-refractivity contribution < 1.29 is 5.11 Å². The van der Waals surface area contributed by atoms with E-state index in [1.54, 1.807) is 6.33 Å². The van der Waals surface area contributed by atoms with Gasteiger partial charge in [0.15, 0.2) is 11.5 Å². The number of imidazole rings is 1. The van der Waals surface area contributed by atoms with E-state index in [0.29, 0.717) is 23.5 Å². The van der Waals surface area contributed by atoms with Crippen molar-refractivity contribution in [1.82, 2.24) is 19.5 Å². The second-order valence-corrected chi connectivity index (χ2v) is 10.1. The number of hydrogen-bond donors (Lipinski definition) is 2. The number of unbranched alkanes of at least 4 members (excludes halogenated alkanes) is 12. The van der Waals surface area contributed by atoms with E-state index in [1.807, 2.05) is 16.3 Å². The highest BCUT2D eigenvalue weighted by molar-refractivity contribution is 7.99. The van der Waals surface area contributed by atoms with Crippen LogP contribution in [0.25, 0.3) is 11.2 Å². The Morgan fingerprint density at radius 1 is 0.909 bits per heavy atom. The smallest absolute Gasteiger partial charge is 0.165 e. The third-order valence-corrected chi connectivity index (χ3v) is 7.15. The van der Waals surface area contributed by atoms with E-state index in [9.17, 15) is 5.11 Å². The molecule has 7 heteroatoms. The Bertz CT molecular complexity index is 779. The number of fused-ring (bicyclic) bond motifs is 1. The molecule has 1 atom stereocenters. The van der Waals surface area contributed by atoms with E-state index in [2.05, 4.69) is 34.0 Å². The lowest BCUT2D eigenvalue weighted by Crippen LogP contribution is -2.18. The summed E-state index contributed by atoms with van der Waals surface area (Å²) in [5.74, 6) is 2.21. The predicted molar refractivity (Wildman–Crippen MR) is 143 cm³/mol. The van der Waals surface area contributed by atoms with Crippen molar-refractivity contribution in [1.29, 1.82) is 0 Å². The molecular formula is C26H45N5OS. The second kappa shape index (κ2) is 17.8. The number of aliphatic hydroxyl groups excluding tert-OH is 1. The average molecular weight is 476 g/mol. The molecule has 3 N–H and O–H groups in total. The van der Waals surface area contributed by atoms with Crippen LogP contribution in [-0.2, 0) is 6.54 Å². The lowest BCUT2D eigenvalue weighted by molar-refractivity contribution is 0.179. The molecule has 2 rings (SSSR count). The van der Waals surface area contributed by atoms with Crippen molar-refractivity contribution in [2.24, 2.45) is 0 Å². The highest BCUT2D eigenvalue weighted by Gasteiger charge is 2.11. The molecule has 0 amide bonds. The summed E-state index contributed by atoms with van der Waals surface area (Å²) in [7, 11) is 0. The fourth-order valence-corrected chi connectivity index (χ4v) is 4.94. The number of anilines is 1. The van der Waals surface area contributed by atoms with Crippen LogP contribution in [0.3, 0.4) is 0 Å². The molecule has 0 aromatic carbocycles. The quantitative estimate of drug-likeness (QED) is 0.167. The van der Waals surface area contributed by atoms with Gasteiger partial charge in [0.05, 0.1) is 19.0 Å². The molecule has 0 fully saturated rings. The van der Waals surface area contributed by atoms with Gasteiger partial charge in [-0.1, -0.05) is 76.9 Å². The molecule has 33 heavy (non-hydrogen) atoms. The number of nitrogen functional groups attached to an aromatic ring is 1. The first-order chi connectivity index (χ1) is 16.2. The van der Waals surface area contributed by atoms with Crippen molar-refractivity contribution in [3.05, 3.63) is 24.8 Å². The number of allylic oxidation sites excluding steroid dienone is 2. The Morgan fingerprint density at radius 2 is 1.55 bits per heavy atom. The van der Waals surface area contributed by atoms with Gasteiger partial charge in [0.2, 0.25) is 0 Å². The Kier molecular flexibility index (Phi) is 14.9. The van der Waals surface area contributed by atoms with E-state index >= 15 is 0 Å². The van der Waals surface area contributed by atoms with Crippen molar-refractivity contribution in [3.63, 3.8) is 0 Å². The van der Waals surface area contributed by atoms with Crippen LogP contribution in [0.1, 0.15) is 96.8 Å². The summed E-state index contributed by atoms with van der Waals surface area (Å²) in [6.07, 6.45) is 26.2. The molecule has 186 valence electrons. The topological polar surface area (TPSA) is 89.8 Å². The number of aromatic nitrogens is 4. The van der Waals surface area contributed by atoms with E-state index in [1.165, 1.54) is 96.2 Å².